The topological polar surface area (TPSA) is 26.0 Å². The van der Waals surface area contributed by atoms with E-state index < -0.39 is 0 Å². The third-order valence-electron chi connectivity index (χ3n) is 3.00. The molecule has 0 aliphatic carbocycles. The van der Waals surface area contributed by atoms with E-state index >= 15 is 0 Å². The van der Waals surface area contributed by atoms with Gasteiger partial charge in [0.15, 0.2) is 0 Å². The zero-order valence-electron chi connectivity index (χ0n) is 9.69. The van der Waals surface area contributed by atoms with E-state index in [-0.39, 0.29) is 0 Å². The predicted octanol–water partition coefficient (Wildman–Crippen LogP) is 4.79. The highest BCUT2D eigenvalue weighted by molar-refractivity contribution is 9.10. The Labute approximate surface area is 118 Å². The molecular weight excluding hydrogens is 306 g/mol. The maximum absolute atomic E-state index is 5.68. The van der Waals surface area contributed by atoms with Gasteiger partial charge < -0.3 is 5.73 Å². The fourth-order valence-corrected chi connectivity index (χ4v) is 3.51. The molecule has 3 heteroatoms. The summed E-state index contributed by atoms with van der Waals surface area (Å²) in [7, 11) is 0. The van der Waals surface area contributed by atoms with E-state index in [1.54, 1.807) is 11.3 Å². The lowest BCUT2D eigenvalue weighted by atomic mass is 10.0. The number of hydrogen-bond acceptors (Lipinski definition) is 2. The van der Waals surface area contributed by atoms with Crippen molar-refractivity contribution in [3.05, 3.63) is 57.9 Å². The van der Waals surface area contributed by atoms with Crippen molar-refractivity contribution in [3.8, 4) is 10.4 Å². The zero-order valence-corrected chi connectivity index (χ0v) is 12.1. The Morgan fingerprint density at radius 2 is 1.72 bits per heavy atom. The average molecular weight is 318 g/mol. The quantitative estimate of drug-likeness (QED) is 0.722. The number of benzene rings is 2. The van der Waals surface area contributed by atoms with Crippen LogP contribution in [0.5, 0.6) is 0 Å². The highest BCUT2D eigenvalue weighted by Crippen LogP contribution is 2.36. The van der Waals surface area contributed by atoms with Crippen molar-refractivity contribution in [1.82, 2.24) is 0 Å². The van der Waals surface area contributed by atoms with Crippen LogP contribution in [0.2, 0.25) is 0 Å². The van der Waals surface area contributed by atoms with Gasteiger partial charge in [0.1, 0.15) is 0 Å². The Morgan fingerprint density at radius 1 is 0.944 bits per heavy atom. The molecule has 0 amide bonds. The molecule has 90 valence electrons. The largest absolute Gasteiger partial charge is 0.326 e. The molecule has 2 aromatic carbocycles. The summed E-state index contributed by atoms with van der Waals surface area (Å²) in [4.78, 5) is 2.50. The van der Waals surface area contributed by atoms with Gasteiger partial charge in [-0.05, 0) is 34.5 Å². The number of nitrogens with two attached hydrogens (primary N) is 1. The third-order valence-corrected chi connectivity index (χ3v) is 4.83. The molecule has 1 aromatic heterocycles. The molecule has 3 rings (SSSR count). The maximum atomic E-state index is 5.68. The molecule has 0 aliphatic rings. The molecule has 3 aromatic rings. The van der Waals surface area contributed by atoms with Crippen molar-refractivity contribution in [2.75, 3.05) is 0 Å². The van der Waals surface area contributed by atoms with Crippen molar-refractivity contribution in [1.29, 1.82) is 0 Å². The molecular formula is C15H12BrNS. The highest BCUT2D eigenvalue weighted by Gasteiger charge is 2.08. The van der Waals surface area contributed by atoms with E-state index in [4.69, 9.17) is 5.73 Å². The Hall–Kier alpha value is -1.16. The van der Waals surface area contributed by atoms with Gasteiger partial charge in [-0.1, -0.05) is 46.3 Å². The summed E-state index contributed by atoms with van der Waals surface area (Å²) < 4.78 is 1.14. The second-order valence-corrected chi connectivity index (χ2v) is 6.13. The van der Waals surface area contributed by atoms with Crippen LogP contribution in [0.25, 0.3) is 21.2 Å². The predicted molar refractivity (Wildman–Crippen MR) is 82.9 cm³/mol. The lowest BCUT2D eigenvalue weighted by Crippen LogP contribution is -1.91. The molecule has 0 unspecified atom stereocenters. The molecule has 0 saturated heterocycles. The van der Waals surface area contributed by atoms with E-state index in [2.05, 4.69) is 64.5 Å². The van der Waals surface area contributed by atoms with Crippen molar-refractivity contribution >= 4 is 38.0 Å². The smallest absolute Gasteiger partial charge is 0.0352 e. The molecule has 0 spiro atoms. The van der Waals surface area contributed by atoms with Crippen LogP contribution in [0.3, 0.4) is 0 Å². The van der Waals surface area contributed by atoms with Crippen molar-refractivity contribution in [3.63, 3.8) is 0 Å². The first-order valence-corrected chi connectivity index (χ1v) is 7.37. The Morgan fingerprint density at radius 3 is 2.44 bits per heavy atom. The number of fused-ring (bicyclic) bond motifs is 1. The Bertz CT molecular complexity index is 703. The zero-order chi connectivity index (χ0) is 12.5. The van der Waals surface area contributed by atoms with Gasteiger partial charge >= 0.3 is 0 Å². The van der Waals surface area contributed by atoms with Crippen LogP contribution in [-0.4, -0.2) is 0 Å². The first-order valence-electron chi connectivity index (χ1n) is 5.76. The van der Waals surface area contributed by atoms with Gasteiger partial charge in [-0.15, -0.1) is 11.3 Å². The average Bonchev–Trinajstić information content (AvgIpc) is 2.88. The van der Waals surface area contributed by atoms with Gasteiger partial charge in [-0.25, -0.2) is 0 Å². The van der Waals surface area contributed by atoms with Gasteiger partial charge in [0.25, 0.3) is 0 Å². The maximum Gasteiger partial charge on any atom is 0.0352 e. The van der Waals surface area contributed by atoms with E-state index in [1.165, 1.54) is 26.1 Å². The fourth-order valence-electron chi connectivity index (χ4n) is 2.11. The van der Waals surface area contributed by atoms with Gasteiger partial charge in [-0.2, -0.15) is 0 Å². The van der Waals surface area contributed by atoms with Crippen LogP contribution < -0.4 is 5.73 Å². The van der Waals surface area contributed by atoms with Crippen molar-refractivity contribution in [2.45, 2.75) is 6.54 Å². The molecule has 18 heavy (non-hydrogen) atoms. The SMILES string of the molecule is NCc1ccc(-c2ccc(Br)c3ccccc23)s1. The van der Waals surface area contributed by atoms with Crippen molar-refractivity contribution < 1.29 is 0 Å². The molecule has 0 fully saturated rings. The number of halogens is 1. The van der Waals surface area contributed by atoms with Crippen molar-refractivity contribution in [2.24, 2.45) is 5.73 Å². The number of rotatable bonds is 2. The molecule has 0 bridgehead atoms. The van der Waals surface area contributed by atoms with Gasteiger partial charge in [0.05, 0.1) is 0 Å². The summed E-state index contributed by atoms with van der Waals surface area (Å²) in [6.45, 7) is 0.610. The van der Waals surface area contributed by atoms with E-state index in [1.807, 2.05) is 0 Å². The summed E-state index contributed by atoms with van der Waals surface area (Å²) >= 11 is 5.37. The summed E-state index contributed by atoms with van der Waals surface area (Å²) in [5.74, 6) is 0. The molecule has 0 saturated carbocycles. The monoisotopic (exact) mass is 317 g/mol. The Balaban J connectivity index is 2.26. The molecule has 0 atom stereocenters. The summed E-state index contributed by atoms with van der Waals surface area (Å²) in [5.41, 5.74) is 6.96. The molecule has 1 nitrogen and oxygen atoms in total. The summed E-state index contributed by atoms with van der Waals surface area (Å²) in [5, 5.41) is 2.52. The van der Waals surface area contributed by atoms with Crippen LogP contribution in [0.4, 0.5) is 0 Å². The lowest BCUT2D eigenvalue weighted by Gasteiger charge is -2.06. The van der Waals surface area contributed by atoms with Gasteiger partial charge in [0.2, 0.25) is 0 Å². The number of hydrogen-bond donors (Lipinski definition) is 1. The standard InChI is InChI=1S/C15H12BrNS/c16-14-7-6-13(11-3-1-2-4-12(11)14)15-8-5-10(9-17)18-15/h1-8H,9,17H2. The van der Waals surface area contributed by atoms with Crippen LogP contribution >= 0.6 is 27.3 Å². The molecule has 2 N–H and O–H groups in total. The minimum atomic E-state index is 0.610. The molecule has 1 heterocycles. The van der Waals surface area contributed by atoms with E-state index in [9.17, 15) is 0 Å². The fraction of sp³-hybridized carbons (Fsp3) is 0.0667. The first kappa shape index (κ1) is 11.9. The lowest BCUT2D eigenvalue weighted by molar-refractivity contribution is 1.11. The number of thiophene rings is 1. The minimum Gasteiger partial charge on any atom is -0.326 e. The van der Waals surface area contributed by atoms with Crippen LogP contribution in [0.1, 0.15) is 4.88 Å². The molecule has 0 radical (unpaired) electrons. The van der Waals surface area contributed by atoms with Gasteiger partial charge in [0, 0.05) is 20.8 Å². The second-order valence-electron chi connectivity index (χ2n) is 4.11. The van der Waals surface area contributed by atoms with Crippen LogP contribution in [0.15, 0.2) is 53.0 Å². The third kappa shape index (κ3) is 1.99. The van der Waals surface area contributed by atoms with E-state index in [0.717, 1.165) is 4.47 Å². The van der Waals surface area contributed by atoms with E-state index in [0.29, 0.717) is 6.54 Å². The van der Waals surface area contributed by atoms with Crippen LogP contribution in [-0.2, 0) is 6.54 Å². The minimum absolute atomic E-state index is 0.610. The normalized spacial score (nSPS) is 11.0. The molecule has 0 aliphatic heterocycles. The second kappa shape index (κ2) is 4.84. The van der Waals surface area contributed by atoms with Crippen LogP contribution in [0, 0.1) is 0 Å². The summed E-state index contributed by atoms with van der Waals surface area (Å²) in [6.07, 6.45) is 0. The first-order chi connectivity index (χ1) is 8.79. The summed E-state index contributed by atoms with van der Waals surface area (Å²) in [6, 6.07) is 17.0. The highest BCUT2D eigenvalue weighted by atomic mass is 79.9. The van der Waals surface area contributed by atoms with Gasteiger partial charge in [-0.3, -0.25) is 0 Å². The Kier molecular flexibility index (Phi) is 3.20.